The second-order valence-corrected chi connectivity index (χ2v) is 3.61. The van der Waals surface area contributed by atoms with Crippen molar-refractivity contribution in [3.63, 3.8) is 0 Å². The highest BCUT2D eigenvalue weighted by Gasteiger charge is 2.02. The fourth-order valence-electron chi connectivity index (χ4n) is 1.23. The number of nitrogens with two attached hydrogens (primary N) is 1. The topological polar surface area (TPSA) is 68.9 Å². The van der Waals surface area contributed by atoms with Crippen molar-refractivity contribution in [2.75, 3.05) is 33.4 Å². The molecule has 0 saturated carbocycles. The summed E-state index contributed by atoms with van der Waals surface area (Å²) in [7, 11) is 1.58. The lowest BCUT2D eigenvalue weighted by Crippen LogP contribution is -2.35. The fourth-order valence-corrected chi connectivity index (χ4v) is 1.23. The zero-order valence-electron chi connectivity index (χ0n) is 10.7. The van der Waals surface area contributed by atoms with Crippen LogP contribution in [0.15, 0.2) is 23.2 Å². The summed E-state index contributed by atoms with van der Waals surface area (Å²) in [6.07, 6.45) is 0. The van der Waals surface area contributed by atoms with E-state index in [0.717, 1.165) is 12.1 Å². The Kier molecular flexibility index (Phi) is 6.59. The second-order valence-electron chi connectivity index (χ2n) is 3.61. The molecule has 1 rings (SSSR count). The van der Waals surface area contributed by atoms with E-state index in [4.69, 9.17) is 15.2 Å². The van der Waals surface area contributed by atoms with E-state index in [0.29, 0.717) is 19.7 Å². The smallest absolute Gasteiger partial charge is 0.188 e. The summed E-state index contributed by atoms with van der Waals surface area (Å²) in [6, 6.07) is 3.36. The van der Waals surface area contributed by atoms with Crippen molar-refractivity contribution < 1.29 is 18.3 Å². The number of guanidine groups is 1. The van der Waals surface area contributed by atoms with Crippen LogP contribution >= 0.6 is 0 Å². The molecule has 0 fully saturated rings. The van der Waals surface area contributed by atoms with Crippen molar-refractivity contribution in [2.45, 2.75) is 0 Å². The highest BCUT2D eigenvalue weighted by Crippen LogP contribution is 2.14. The molecule has 0 spiro atoms. The van der Waals surface area contributed by atoms with E-state index in [2.05, 4.69) is 10.3 Å². The number of ether oxygens (including phenoxy) is 2. The van der Waals surface area contributed by atoms with Crippen molar-refractivity contribution in [3.8, 4) is 5.75 Å². The number of nitrogens with zero attached hydrogens (tertiary/aromatic N) is 1. The van der Waals surface area contributed by atoms with Crippen molar-refractivity contribution >= 4 is 5.96 Å². The molecular weight excluding hydrogens is 256 g/mol. The minimum atomic E-state index is -0.939. The molecule has 1 aromatic rings. The maximum Gasteiger partial charge on any atom is 0.188 e. The molecule has 7 heteroatoms. The van der Waals surface area contributed by atoms with Crippen LogP contribution in [0.1, 0.15) is 0 Å². The van der Waals surface area contributed by atoms with Gasteiger partial charge in [0, 0.05) is 13.2 Å². The first-order valence-electron chi connectivity index (χ1n) is 5.74. The van der Waals surface area contributed by atoms with Gasteiger partial charge in [0.25, 0.3) is 0 Å². The van der Waals surface area contributed by atoms with Crippen LogP contribution in [0.3, 0.4) is 0 Å². The summed E-state index contributed by atoms with van der Waals surface area (Å²) in [4.78, 5) is 3.98. The third-order valence-corrected chi connectivity index (χ3v) is 2.15. The molecule has 0 unspecified atom stereocenters. The second kappa shape index (κ2) is 8.25. The number of rotatable bonds is 7. The first-order valence-corrected chi connectivity index (χ1v) is 5.74. The van der Waals surface area contributed by atoms with Gasteiger partial charge >= 0.3 is 0 Å². The van der Waals surface area contributed by atoms with Crippen LogP contribution in [-0.4, -0.2) is 39.4 Å². The highest BCUT2D eigenvalue weighted by molar-refractivity contribution is 5.77. The lowest BCUT2D eigenvalue weighted by molar-refractivity contribution is 0.208. The van der Waals surface area contributed by atoms with E-state index in [1.165, 1.54) is 6.07 Å². The molecule has 3 N–H and O–H groups in total. The quantitative estimate of drug-likeness (QED) is 0.440. The Morgan fingerprint density at radius 1 is 1.32 bits per heavy atom. The van der Waals surface area contributed by atoms with E-state index in [9.17, 15) is 8.78 Å². The van der Waals surface area contributed by atoms with Gasteiger partial charge in [-0.25, -0.2) is 8.78 Å². The van der Waals surface area contributed by atoms with Crippen molar-refractivity contribution in [1.82, 2.24) is 5.32 Å². The monoisotopic (exact) mass is 273 g/mol. The maximum atomic E-state index is 12.9. The first kappa shape index (κ1) is 15.2. The van der Waals surface area contributed by atoms with Gasteiger partial charge in [0.05, 0.1) is 19.7 Å². The summed E-state index contributed by atoms with van der Waals surface area (Å²) < 4.78 is 35.6. The molecule has 0 amide bonds. The Labute approximate surface area is 110 Å². The fraction of sp³-hybridized carbons (Fsp3) is 0.417. The Morgan fingerprint density at radius 3 is 2.79 bits per heavy atom. The zero-order valence-corrected chi connectivity index (χ0v) is 10.7. The van der Waals surface area contributed by atoms with Crippen LogP contribution in [0.4, 0.5) is 8.78 Å². The lowest BCUT2D eigenvalue weighted by atomic mass is 10.3. The summed E-state index contributed by atoms with van der Waals surface area (Å²) in [5.41, 5.74) is 5.56. The molecule has 0 aliphatic heterocycles. The number of nitrogens with one attached hydrogen (secondary N) is 1. The molecule has 1 aromatic carbocycles. The predicted molar refractivity (Wildman–Crippen MR) is 68.2 cm³/mol. The average Bonchev–Trinajstić information content (AvgIpc) is 2.39. The normalized spacial score (nSPS) is 11.4. The standard InChI is InChI=1S/C12H17F2N3O2/c1-18-6-4-16-12(15)17-5-7-19-9-2-3-10(13)11(14)8-9/h2-3,8H,4-7H2,1H3,(H3,15,16,17). The van der Waals surface area contributed by atoms with Crippen molar-refractivity contribution in [2.24, 2.45) is 10.7 Å². The van der Waals surface area contributed by atoms with Gasteiger partial charge in [-0.05, 0) is 12.1 Å². The zero-order chi connectivity index (χ0) is 14.1. The summed E-state index contributed by atoms with van der Waals surface area (Å²) in [5.74, 6) is -1.30. The Hall–Kier alpha value is -1.89. The lowest BCUT2D eigenvalue weighted by Gasteiger charge is -2.08. The number of halogens is 2. The Balaban J connectivity index is 2.23. The van der Waals surface area contributed by atoms with Crippen LogP contribution in [0.5, 0.6) is 5.75 Å². The molecule has 0 radical (unpaired) electrons. The number of aliphatic imine (C=N–C) groups is 1. The third-order valence-electron chi connectivity index (χ3n) is 2.15. The molecule has 0 heterocycles. The molecule has 19 heavy (non-hydrogen) atoms. The number of hydrogen-bond acceptors (Lipinski definition) is 3. The van der Waals surface area contributed by atoms with Crippen molar-refractivity contribution in [1.29, 1.82) is 0 Å². The molecule has 5 nitrogen and oxygen atoms in total. The van der Waals surface area contributed by atoms with Crippen LogP contribution in [0, 0.1) is 11.6 Å². The van der Waals surface area contributed by atoms with E-state index in [-0.39, 0.29) is 18.3 Å². The Morgan fingerprint density at radius 2 is 2.11 bits per heavy atom. The van der Waals surface area contributed by atoms with Gasteiger partial charge in [-0.1, -0.05) is 0 Å². The summed E-state index contributed by atoms with van der Waals surface area (Å²) >= 11 is 0. The predicted octanol–water partition coefficient (Wildman–Crippen LogP) is 0.894. The highest BCUT2D eigenvalue weighted by atomic mass is 19.2. The largest absolute Gasteiger partial charge is 0.492 e. The number of hydrogen-bond donors (Lipinski definition) is 2. The summed E-state index contributed by atoms with van der Waals surface area (Å²) in [6.45, 7) is 1.62. The van der Waals surface area contributed by atoms with Crippen LogP contribution < -0.4 is 15.8 Å². The molecule has 0 aliphatic rings. The SMILES string of the molecule is COCCN=C(N)NCCOc1ccc(F)c(F)c1. The number of benzene rings is 1. The van der Waals surface area contributed by atoms with Crippen LogP contribution in [-0.2, 0) is 4.74 Å². The van der Waals surface area contributed by atoms with Gasteiger partial charge in [0.2, 0.25) is 0 Å². The van der Waals surface area contributed by atoms with Crippen LogP contribution in [0.25, 0.3) is 0 Å². The van der Waals surface area contributed by atoms with E-state index in [1.807, 2.05) is 0 Å². The van der Waals surface area contributed by atoms with Gasteiger partial charge in [-0.3, -0.25) is 4.99 Å². The molecule has 0 saturated heterocycles. The minimum absolute atomic E-state index is 0.256. The van der Waals surface area contributed by atoms with Gasteiger partial charge in [-0.2, -0.15) is 0 Å². The number of methoxy groups -OCH3 is 1. The van der Waals surface area contributed by atoms with Crippen molar-refractivity contribution in [3.05, 3.63) is 29.8 Å². The van der Waals surface area contributed by atoms with Gasteiger partial charge < -0.3 is 20.5 Å². The van der Waals surface area contributed by atoms with E-state index < -0.39 is 11.6 Å². The average molecular weight is 273 g/mol. The molecule has 0 atom stereocenters. The molecule has 106 valence electrons. The summed E-state index contributed by atoms with van der Waals surface area (Å²) in [5, 5.41) is 2.82. The minimum Gasteiger partial charge on any atom is -0.492 e. The maximum absolute atomic E-state index is 12.9. The van der Waals surface area contributed by atoms with Gasteiger partial charge in [0.1, 0.15) is 12.4 Å². The van der Waals surface area contributed by atoms with Crippen LogP contribution in [0.2, 0.25) is 0 Å². The Bertz CT molecular complexity index is 427. The van der Waals surface area contributed by atoms with E-state index in [1.54, 1.807) is 7.11 Å². The third kappa shape index (κ3) is 6.01. The molecular formula is C12H17F2N3O2. The van der Waals surface area contributed by atoms with Gasteiger partial charge in [-0.15, -0.1) is 0 Å². The van der Waals surface area contributed by atoms with Gasteiger partial charge in [0.15, 0.2) is 17.6 Å². The first-order chi connectivity index (χ1) is 9.13. The van der Waals surface area contributed by atoms with E-state index >= 15 is 0 Å². The molecule has 0 aromatic heterocycles. The molecule has 0 aliphatic carbocycles. The molecule has 0 bridgehead atoms.